The van der Waals surface area contributed by atoms with E-state index in [1.807, 2.05) is 0 Å². The SMILES string of the molecule is CCNC(=O)NC(=O)C(C)Nc1c(F)cc(F)cc1Cl. The van der Waals surface area contributed by atoms with Gasteiger partial charge in [0, 0.05) is 12.6 Å². The average Bonchev–Trinajstić information content (AvgIpc) is 2.33. The smallest absolute Gasteiger partial charge is 0.321 e. The largest absolute Gasteiger partial charge is 0.370 e. The Morgan fingerprint density at radius 2 is 2.00 bits per heavy atom. The van der Waals surface area contributed by atoms with Gasteiger partial charge in [0.15, 0.2) is 5.82 Å². The Morgan fingerprint density at radius 1 is 1.35 bits per heavy atom. The van der Waals surface area contributed by atoms with Crippen molar-refractivity contribution in [2.45, 2.75) is 19.9 Å². The lowest BCUT2D eigenvalue weighted by Crippen LogP contribution is -2.45. The first kappa shape index (κ1) is 16.2. The molecule has 0 spiro atoms. The third-order valence-electron chi connectivity index (χ3n) is 2.34. The summed E-state index contributed by atoms with van der Waals surface area (Å²) in [5.74, 6) is -2.42. The summed E-state index contributed by atoms with van der Waals surface area (Å²) in [6.45, 7) is 3.46. The van der Waals surface area contributed by atoms with Crippen molar-refractivity contribution in [1.29, 1.82) is 0 Å². The van der Waals surface area contributed by atoms with E-state index in [1.54, 1.807) is 6.92 Å². The van der Waals surface area contributed by atoms with Crippen LogP contribution in [0.5, 0.6) is 0 Å². The summed E-state index contributed by atoms with van der Waals surface area (Å²) in [6, 6.07) is -0.0313. The molecule has 3 amide bonds. The lowest BCUT2D eigenvalue weighted by atomic mass is 10.2. The van der Waals surface area contributed by atoms with E-state index in [0.29, 0.717) is 12.6 Å². The van der Waals surface area contributed by atoms with Gasteiger partial charge in [0.1, 0.15) is 11.9 Å². The van der Waals surface area contributed by atoms with Gasteiger partial charge in [-0.05, 0) is 19.9 Å². The van der Waals surface area contributed by atoms with Gasteiger partial charge in [-0.2, -0.15) is 0 Å². The zero-order valence-corrected chi connectivity index (χ0v) is 11.6. The number of anilines is 1. The first-order valence-corrected chi connectivity index (χ1v) is 6.22. The number of carbonyl (C=O) groups is 2. The van der Waals surface area contributed by atoms with Gasteiger partial charge in [-0.3, -0.25) is 10.1 Å². The van der Waals surface area contributed by atoms with E-state index in [1.165, 1.54) is 6.92 Å². The zero-order chi connectivity index (χ0) is 15.3. The Kier molecular flexibility index (Phi) is 5.69. The molecule has 0 aromatic heterocycles. The van der Waals surface area contributed by atoms with Crippen molar-refractivity contribution in [3.05, 3.63) is 28.8 Å². The molecule has 0 fully saturated rings. The van der Waals surface area contributed by atoms with Gasteiger partial charge in [0.2, 0.25) is 5.91 Å². The molecule has 1 aromatic carbocycles. The highest BCUT2D eigenvalue weighted by atomic mass is 35.5. The molecule has 1 unspecified atom stereocenters. The van der Waals surface area contributed by atoms with Crippen LogP contribution in [0.1, 0.15) is 13.8 Å². The normalized spacial score (nSPS) is 11.7. The number of amides is 3. The van der Waals surface area contributed by atoms with Crippen molar-refractivity contribution in [3.8, 4) is 0 Å². The molecule has 1 aromatic rings. The van der Waals surface area contributed by atoms with Crippen molar-refractivity contribution in [3.63, 3.8) is 0 Å². The number of rotatable bonds is 4. The summed E-state index contributed by atoms with van der Waals surface area (Å²) < 4.78 is 26.4. The van der Waals surface area contributed by atoms with Gasteiger partial charge in [-0.15, -0.1) is 0 Å². The first-order chi connectivity index (χ1) is 9.35. The number of nitrogens with one attached hydrogen (secondary N) is 3. The highest BCUT2D eigenvalue weighted by Gasteiger charge is 2.19. The van der Waals surface area contributed by atoms with Crippen molar-refractivity contribution >= 4 is 29.2 Å². The van der Waals surface area contributed by atoms with Crippen LogP contribution in [0.15, 0.2) is 12.1 Å². The lowest BCUT2D eigenvalue weighted by Gasteiger charge is -2.16. The standard InChI is InChI=1S/C12H14ClF2N3O2/c1-3-16-12(20)18-11(19)6(2)17-10-8(13)4-7(14)5-9(10)15/h4-6,17H,3H2,1-2H3,(H2,16,18,19,20). The summed E-state index contributed by atoms with van der Waals surface area (Å²) in [6.07, 6.45) is 0. The van der Waals surface area contributed by atoms with E-state index in [-0.39, 0.29) is 10.7 Å². The molecule has 0 aliphatic carbocycles. The second-order valence-corrected chi connectivity index (χ2v) is 4.37. The maximum Gasteiger partial charge on any atom is 0.321 e. The van der Waals surface area contributed by atoms with Crippen molar-refractivity contribution in [2.24, 2.45) is 0 Å². The fourth-order valence-corrected chi connectivity index (χ4v) is 1.64. The fraction of sp³-hybridized carbons (Fsp3) is 0.333. The van der Waals surface area contributed by atoms with E-state index < -0.39 is 29.6 Å². The van der Waals surface area contributed by atoms with Gasteiger partial charge in [0.05, 0.1) is 10.7 Å². The van der Waals surface area contributed by atoms with Gasteiger partial charge >= 0.3 is 6.03 Å². The van der Waals surface area contributed by atoms with Gasteiger partial charge < -0.3 is 10.6 Å². The maximum atomic E-state index is 13.5. The Hall–Kier alpha value is -1.89. The summed E-state index contributed by atoms with van der Waals surface area (Å²) in [5, 5.41) is 6.73. The molecule has 5 nitrogen and oxygen atoms in total. The predicted molar refractivity (Wildman–Crippen MR) is 71.7 cm³/mol. The van der Waals surface area contributed by atoms with E-state index >= 15 is 0 Å². The summed E-state index contributed by atoms with van der Waals surface area (Å²) in [5.41, 5.74) is -0.202. The summed E-state index contributed by atoms with van der Waals surface area (Å²) >= 11 is 5.69. The number of halogens is 3. The predicted octanol–water partition coefficient (Wildman–Crippen LogP) is 2.26. The molecule has 0 aliphatic heterocycles. The van der Waals surface area contributed by atoms with Crippen LogP contribution in [0.25, 0.3) is 0 Å². The Bertz CT molecular complexity index is 502. The zero-order valence-electron chi connectivity index (χ0n) is 10.9. The third kappa shape index (κ3) is 4.34. The van der Waals surface area contributed by atoms with Crippen LogP contribution in [0.2, 0.25) is 5.02 Å². The minimum Gasteiger partial charge on any atom is -0.370 e. The van der Waals surface area contributed by atoms with Crippen LogP contribution < -0.4 is 16.0 Å². The van der Waals surface area contributed by atoms with E-state index in [4.69, 9.17) is 11.6 Å². The minimum atomic E-state index is -0.935. The Balaban J connectivity index is 2.73. The van der Waals surface area contributed by atoms with E-state index in [0.717, 1.165) is 6.07 Å². The Labute approximate surface area is 119 Å². The molecule has 0 saturated carbocycles. The molecule has 1 atom stereocenters. The van der Waals surface area contributed by atoms with Crippen molar-refractivity contribution in [2.75, 3.05) is 11.9 Å². The maximum absolute atomic E-state index is 13.5. The number of benzene rings is 1. The number of hydrogen-bond donors (Lipinski definition) is 3. The molecule has 20 heavy (non-hydrogen) atoms. The molecule has 0 aliphatic rings. The Morgan fingerprint density at radius 3 is 2.55 bits per heavy atom. The highest BCUT2D eigenvalue weighted by Crippen LogP contribution is 2.26. The second-order valence-electron chi connectivity index (χ2n) is 3.96. The highest BCUT2D eigenvalue weighted by molar-refractivity contribution is 6.33. The monoisotopic (exact) mass is 305 g/mol. The van der Waals surface area contributed by atoms with Crippen molar-refractivity contribution in [1.82, 2.24) is 10.6 Å². The molecule has 0 bridgehead atoms. The first-order valence-electron chi connectivity index (χ1n) is 5.85. The molecule has 0 saturated heterocycles. The average molecular weight is 306 g/mol. The molecular formula is C12H14ClF2N3O2. The lowest BCUT2D eigenvalue weighted by molar-refractivity contribution is -0.120. The molecule has 1 rings (SSSR count). The van der Waals surface area contributed by atoms with Gasteiger partial charge in [-0.25, -0.2) is 13.6 Å². The third-order valence-corrected chi connectivity index (χ3v) is 2.63. The number of hydrogen-bond acceptors (Lipinski definition) is 3. The van der Waals surface area contributed by atoms with Crippen LogP contribution in [0.4, 0.5) is 19.3 Å². The quantitative estimate of drug-likeness (QED) is 0.799. The van der Waals surface area contributed by atoms with Crippen LogP contribution >= 0.6 is 11.6 Å². The number of carbonyl (C=O) groups excluding carboxylic acids is 2. The van der Waals surface area contributed by atoms with E-state index in [2.05, 4.69) is 16.0 Å². The molecule has 0 heterocycles. The molecule has 3 N–H and O–H groups in total. The number of urea groups is 1. The molecule has 8 heteroatoms. The van der Waals surface area contributed by atoms with Gasteiger partial charge in [0.25, 0.3) is 0 Å². The van der Waals surface area contributed by atoms with Gasteiger partial charge in [-0.1, -0.05) is 11.6 Å². The van der Waals surface area contributed by atoms with Crippen LogP contribution in [0.3, 0.4) is 0 Å². The fourth-order valence-electron chi connectivity index (χ4n) is 1.39. The summed E-state index contributed by atoms with van der Waals surface area (Å²) in [4.78, 5) is 22.8. The van der Waals surface area contributed by atoms with E-state index in [9.17, 15) is 18.4 Å². The van der Waals surface area contributed by atoms with Crippen LogP contribution in [-0.4, -0.2) is 24.5 Å². The van der Waals surface area contributed by atoms with Crippen LogP contribution in [-0.2, 0) is 4.79 Å². The molecule has 0 radical (unpaired) electrons. The second kappa shape index (κ2) is 7.04. The number of imide groups is 1. The molecular weight excluding hydrogens is 292 g/mol. The topological polar surface area (TPSA) is 70.2 Å². The minimum absolute atomic E-state index is 0.194. The van der Waals surface area contributed by atoms with Crippen molar-refractivity contribution < 1.29 is 18.4 Å². The molecule has 110 valence electrons. The summed E-state index contributed by atoms with van der Waals surface area (Å²) in [7, 11) is 0. The van der Waals surface area contributed by atoms with Crippen LogP contribution in [0, 0.1) is 11.6 Å².